The Labute approximate surface area is 105 Å². The third-order valence-electron chi connectivity index (χ3n) is 2.62. The minimum atomic E-state index is 0.0182. The molecule has 2 N–H and O–H groups in total. The van der Waals surface area contributed by atoms with Gasteiger partial charge < -0.3 is 10.2 Å². The Balaban J connectivity index is 2.17. The van der Waals surface area contributed by atoms with E-state index in [4.69, 9.17) is 9.78 Å². The molecule has 0 spiro atoms. The number of para-hydroxylation sites is 2. The van der Waals surface area contributed by atoms with Crippen LogP contribution in [-0.4, -0.2) is 10.2 Å². The van der Waals surface area contributed by atoms with Gasteiger partial charge in [-0.3, -0.25) is 9.78 Å². The van der Waals surface area contributed by atoms with Crippen LogP contribution in [0.1, 0.15) is 11.1 Å². The van der Waals surface area contributed by atoms with Crippen LogP contribution >= 0.6 is 0 Å². The van der Waals surface area contributed by atoms with Gasteiger partial charge in [-0.25, -0.2) is 0 Å². The molecule has 0 aliphatic carbocycles. The number of hydrogen-bond acceptors (Lipinski definition) is 4. The largest absolute Gasteiger partial charge is 0.504 e. The van der Waals surface area contributed by atoms with Crippen LogP contribution in [0.5, 0.6) is 23.0 Å². The molecule has 0 unspecified atom stereocenters. The summed E-state index contributed by atoms with van der Waals surface area (Å²) >= 11 is 0. The highest BCUT2D eigenvalue weighted by molar-refractivity contribution is 5.46. The average molecular weight is 246 g/mol. The second kappa shape index (κ2) is 4.87. The van der Waals surface area contributed by atoms with Crippen LogP contribution in [0.3, 0.4) is 0 Å². The Bertz CT molecular complexity index is 512. The van der Waals surface area contributed by atoms with Crippen LogP contribution in [-0.2, 0) is 0 Å². The van der Waals surface area contributed by atoms with Crippen LogP contribution in [0.15, 0.2) is 36.4 Å². The average Bonchev–Trinajstić information content (AvgIpc) is 2.36. The van der Waals surface area contributed by atoms with Crippen molar-refractivity contribution >= 4 is 0 Å². The normalized spacial score (nSPS) is 10.1. The van der Waals surface area contributed by atoms with E-state index in [1.54, 1.807) is 50.2 Å². The van der Waals surface area contributed by atoms with Crippen molar-refractivity contribution in [3.05, 3.63) is 47.5 Å². The second-order valence-corrected chi connectivity index (χ2v) is 4.01. The van der Waals surface area contributed by atoms with Gasteiger partial charge in [-0.15, -0.1) is 0 Å². The number of phenols is 2. The van der Waals surface area contributed by atoms with Crippen molar-refractivity contribution < 1.29 is 20.0 Å². The van der Waals surface area contributed by atoms with E-state index >= 15 is 0 Å². The SMILES string of the molecule is Cc1cccc(OOc2cccc(C)c2O)c1O. The highest BCUT2D eigenvalue weighted by atomic mass is 17.2. The van der Waals surface area contributed by atoms with Gasteiger partial charge in [0.2, 0.25) is 11.5 Å². The Morgan fingerprint density at radius 3 is 1.50 bits per heavy atom. The lowest BCUT2D eigenvalue weighted by Crippen LogP contribution is -2.01. The van der Waals surface area contributed by atoms with Crippen LogP contribution in [0.4, 0.5) is 0 Å². The summed E-state index contributed by atoms with van der Waals surface area (Å²) in [6, 6.07) is 10.1. The molecule has 18 heavy (non-hydrogen) atoms. The molecule has 0 saturated carbocycles. The molecule has 0 amide bonds. The van der Waals surface area contributed by atoms with Gasteiger partial charge in [-0.2, -0.15) is 0 Å². The Morgan fingerprint density at radius 2 is 1.11 bits per heavy atom. The van der Waals surface area contributed by atoms with E-state index in [0.717, 1.165) is 0 Å². The van der Waals surface area contributed by atoms with Crippen LogP contribution in [0.2, 0.25) is 0 Å². The summed E-state index contributed by atoms with van der Waals surface area (Å²) in [5.41, 5.74) is 1.37. The van der Waals surface area contributed by atoms with Crippen LogP contribution in [0, 0.1) is 13.8 Å². The smallest absolute Gasteiger partial charge is 0.220 e. The quantitative estimate of drug-likeness (QED) is 0.645. The number of benzene rings is 2. The highest BCUT2D eigenvalue weighted by Crippen LogP contribution is 2.32. The number of aryl methyl sites for hydroxylation is 2. The number of phenolic OH excluding ortho intramolecular Hbond substituents is 2. The first-order valence-electron chi connectivity index (χ1n) is 5.51. The van der Waals surface area contributed by atoms with Crippen LogP contribution < -0.4 is 9.78 Å². The molecule has 0 aliphatic heterocycles. The summed E-state index contributed by atoms with van der Waals surface area (Å²) in [6.45, 7) is 3.51. The molecule has 2 aromatic carbocycles. The van der Waals surface area contributed by atoms with Gasteiger partial charge in [-0.1, -0.05) is 24.3 Å². The summed E-state index contributed by atoms with van der Waals surface area (Å²) < 4.78 is 0. The molecule has 4 nitrogen and oxygen atoms in total. The molecule has 94 valence electrons. The van der Waals surface area contributed by atoms with Gasteiger partial charge in [0.05, 0.1) is 0 Å². The van der Waals surface area contributed by atoms with E-state index in [-0.39, 0.29) is 23.0 Å². The highest BCUT2D eigenvalue weighted by Gasteiger charge is 2.10. The van der Waals surface area contributed by atoms with Crippen molar-refractivity contribution in [3.63, 3.8) is 0 Å². The maximum atomic E-state index is 9.73. The van der Waals surface area contributed by atoms with Crippen molar-refractivity contribution in [2.24, 2.45) is 0 Å². The molecule has 0 saturated heterocycles. The second-order valence-electron chi connectivity index (χ2n) is 4.01. The molecule has 0 bridgehead atoms. The predicted molar refractivity (Wildman–Crippen MR) is 66.9 cm³/mol. The Morgan fingerprint density at radius 1 is 0.722 bits per heavy atom. The van der Waals surface area contributed by atoms with E-state index in [0.29, 0.717) is 11.1 Å². The van der Waals surface area contributed by atoms with E-state index in [1.165, 1.54) is 0 Å². The lowest BCUT2D eigenvalue weighted by Gasteiger charge is -2.10. The third-order valence-corrected chi connectivity index (χ3v) is 2.62. The Kier molecular flexibility index (Phi) is 3.28. The van der Waals surface area contributed by atoms with Crippen molar-refractivity contribution in [2.75, 3.05) is 0 Å². The molecule has 0 radical (unpaired) electrons. The summed E-state index contributed by atoms with van der Waals surface area (Å²) in [7, 11) is 0. The van der Waals surface area contributed by atoms with Crippen molar-refractivity contribution in [1.82, 2.24) is 0 Å². The van der Waals surface area contributed by atoms with Crippen LogP contribution in [0.25, 0.3) is 0 Å². The fourth-order valence-corrected chi connectivity index (χ4v) is 1.49. The predicted octanol–water partition coefficient (Wildman–Crippen LogP) is 3.09. The first kappa shape index (κ1) is 12.1. The van der Waals surface area contributed by atoms with Gasteiger partial charge in [-0.05, 0) is 37.1 Å². The topological polar surface area (TPSA) is 58.9 Å². The summed E-state index contributed by atoms with van der Waals surface area (Å²) in [5, 5.41) is 19.5. The molecule has 2 rings (SSSR count). The van der Waals surface area contributed by atoms with E-state index in [2.05, 4.69) is 0 Å². The number of rotatable bonds is 3. The molecule has 2 aromatic rings. The molecule has 4 heteroatoms. The monoisotopic (exact) mass is 246 g/mol. The summed E-state index contributed by atoms with van der Waals surface area (Å²) in [5.74, 6) is 0.445. The Hall–Kier alpha value is -2.36. The zero-order valence-corrected chi connectivity index (χ0v) is 10.2. The molecule has 0 heterocycles. The minimum Gasteiger partial charge on any atom is -0.504 e. The molecular weight excluding hydrogens is 232 g/mol. The molecule has 0 atom stereocenters. The van der Waals surface area contributed by atoms with Crippen molar-refractivity contribution in [3.8, 4) is 23.0 Å². The van der Waals surface area contributed by atoms with Gasteiger partial charge in [0, 0.05) is 0 Å². The zero-order chi connectivity index (χ0) is 13.1. The molecular formula is C14H14O4. The fourth-order valence-electron chi connectivity index (χ4n) is 1.49. The maximum absolute atomic E-state index is 9.73. The maximum Gasteiger partial charge on any atom is 0.220 e. The van der Waals surface area contributed by atoms with E-state index in [9.17, 15) is 10.2 Å². The molecule has 0 aromatic heterocycles. The number of aromatic hydroxyl groups is 2. The standard InChI is InChI=1S/C14H14O4/c1-9-5-3-7-11(13(9)15)17-18-12-8-4-6-10(2)14(12)16/h3-8,15-16H,1-2H3. The summed E-state index contributed by atoms with van der Waals surface area (Å²) in [4.78, 5) is 10.1. The number of hydrogen-bond donors (Lipinski definition) is 2. The van der Waals surface area contributed by atoms with Gasteiger partial charge in [0.25, 0.3) is 0 Å². The van der Waals surface area contributed by atoms with Gasteiger partial charge in [0.1, 0.15) is 0 Å². The minimum absolute atomic E-state index is 0.0182. The molecule has 0 fully saturated rings. The van der Waals surface area contributed by atoms with Crippen molar-refractivity contribution in [2.45, 2.75) is 13.8 Å². The lowest BCUT2D eigenvalue weighted by molar-refractivity contribution is -0.103. The van der Waals surface area contributed by atoms with Gasteiger partial charge in [0.15, 0.2) is 11.5 Å². The fraction of sp³-hybridized carbons (Fsp3) is 0.143. The first-order valence-corrected chi connectivity index (χ1v) is 5.51. The van der Waals surface area contributed by atoms with E-state index in [1.807, 2.05) is 0 Å². The molecule has 0 aliphatic rings. The lowest BCUT2D eigenvalue weighted by atomic mass is 10.2. The third kappa shape index (κ3) is 2.32. The summed E-state index contributed by atoms with van der Waals surface area (Å²) in [6.07, 6.45) is 0. The van der Waals surface area contributed by atoms with Crippen molar-refractivity contribution in [1.29, 1.82) is 0 Å². The van der Waals surface area contributed by atoms with E-state index < -0.39 is 0 Å². The van der Waals surface area contributed by atoms with Gasteiger partial charge >= 0.3 is 0 Å². The zero-order valence-electron chi connectivity index (χ0n) is 10.2. The first-order chi connectivity index (χ1) is 8.59.